The number of rotatable bonds is 5. The molecule has 0 heterocycles. The standard InChI is InChI=1S/C11H14ClNO3S/c1-7(17-8(2)12)10(16)13-11(6-14)4-3-9(15)5-11/h6,9,15H,1-5H2,(H,13,16). The number of halogens is 1. The largest absolute Gasteiger partial charge is 0.393 e. The van der Waals surface area contributed by atoms with E-state index in [0.717, 1.165) is 11.8 Å². The lowest BCUT2D eigenvalue weighted by molar-refractivity contribution is -0.123. The SMILES string of the molecule is C=C(Cl)SC(=C)C(=O)NC1(C=O)CCC(O)C1. The number of thioether (sulfide) groups is 1. The van der Waals surface area contributed by atoms with Gasteiger partial charge in [0.1, 0.15) is 6.29 Å². The number of nitrogens with one attached hydrogen (secondary N) is 1. The second kappa shape index (κ2) is 5.71. The molecule has 2 N–H and O–H groups in total. The van der Waals surface area contributed by atoms with E-state index < -0.39 is 17.6 Å². The van der Waals surface area contributed by atoms with Gasteiger partial charge in [0.15, 0.2) is 0 Å². The lowest BCUT2D eigenvalue weighted by Crippen LogP contribution is -2.48. The molecular formula is C11H14ClNO3S. The molecule has 0 aromatic rings. The van der Waals surface area contributed by atoms with E-state index >= 15 is 0 Å². The third-order valence-electron chi connectivity index (χ3n) is 2.60. The molecule has 2 atom stereocenters. The highest BCUT2D eigenvalue weighted by atomic mass is 35.5. The van der Waals surface area contributed by atoms with Crippen molar-refractivity contribution in [3.63, 3.8) is 0 Å². The summed E-state index contributed by atoms with van der Waals surface area (Å²) in [6.07, 6.45) is 1.30. The molecule has 94 valence electrons. The van der Waals surface area contributed by atoms with Crippen LogP contribution in [0.1, 0.15) is 19.3 Å². The van der Waals surface area contributed by atoms with E-state index in [1.54, 1.807) is 0 Å². The fraction of sp³-hybridized carbons (Fsp3) is 0.455. The molecule has 2 unspecified atom stereocenters. The minimum Gasteiger partial charge on any atom is -0.393 e. The summed E-state index contributed by atoms with van der Waals surface area (Å²) >= 11 is 6.49. The van der Waals surface area contributed by atoms with E-state index in [4.69, 9.17) is 11.6 Å². The number of carbonyl (C=O) groups is 2. The molecule has 0 saturated heterocycles. The van der Waals surface area contributed by atoms with Crippen LogP contribution in [-0.2, 0) is 9.59 Å². The Labute approximate surface area is 109 Å². The van der Waals surface area contributed by atoms with Crippen LogP contribution in [0, 0.1) is 0 Å². The summed E-state index contributed by atoms with van der Waals surface area (Å²) in [5.41, 5.74) is -0.979. The summed E-state index contributed by atoms with van der Waals surface area (Å²) in [7, 11) is 0. The molecule has 6 heteroatoms. The van der Waals surface area contributed by atoms with Crippen molar-refractivity contribution in [3.8, 4) is 0 Å². The van der Waals surface area contributed by atoms with Crippen LogP contribution in [0.5, 0.6) is 0 Å². The molecule has 0 aromatic heterocycles. The van der Waals surface area contributed by atoms with Crippen molar-refractivity contribution >= 4 is 35.6 Å². The summed E-state index contributed by atoms with van der Waals surface area (Å²) in [6, 6.07) is 0. The first kappa shape index (κ1) is 14.3. The number of hydrogen-bond donors (Lipinski definition) is 2. The van der Waals surface area contributed by atoms with E-state index in [9.17, 15) is 14.7 Å². The molecule has 1 aliphatic carbocycles. The highest BCUT2D eigenvalue weighted by Crippen LogP contribution is 2.30. The molecule has 4 nitrogen and oxygen atoms in total. The fourth-order valence-electron chi connectivity index (χ4n) is 1.77. The molecule has 0 bridgehead atoms. The Bertz CT molecular complexity index is 372. The van der Waals surface area contributed by atoms with Crippen molar-refractivity contribution in [2.45, 2.75) is 30.9 Å². The molecule has 1 rings (SSSR count). The lowest BCUT2D eigenvalue weighted by atomic mass is 10.00. The van der Waals surface area contributed by atoms with Gasteiger partial charge in [-0.3, -0.25) is 4.79 Å². The van der Waals surface area contributed by atoms with Crippen LogP contribution in [0.25, 0.3) is 0 Å². The Morgan fingerprint density at radius 3 is 2.65 bits per heavy atom. The maximum atomic E-state index is 11.7. The van der Waals surface area contributed by atoms with Gasteiger partial charge in [0, 0.05) is 6.42 Å². The average Bonchev–Trinajstić information content (AvgIpc) is 2.59. The predicted octanol–water partition coefficient (Wildman–Crippen LogP) is 1.54. The van der Waals surface area contributed by atoms with Gasteiger partial charge in [-0.05, 0) is 12.8 Å². The highest BCUT2D eigenvalue weighted by molar-refractivity contribution is 8.08. The van der Waals surface area contributed by atoms with Crippen molar-refractivity contribution in [1.29, 1.82) is 0 Å². The molecule has 1 amide bonds. The Morgan fingerprint density at radius 2 is 2.24 bits per heavy atom. The van der Waals surface area contributed by atoms with Crippen molar-refractivity contribution in [2.24, 2.45) is 0 Å². The van der Waals surface area contributed by atoms with Crippen molar-refractivity contribution in [1.82, 2.24) is 5.32 Å². The van der Waals surface area contributed by atoms with Crippen molar-refractivity contribution in [3.05, 3.63) is 22.4 Å². The van der Waals surface area contributed by atoms with Gasteiger partial charge in [0.2, 0.25) is 0 Å². The minimum atomic E-state index is -0.979. The number of aliphatic hydroxyl groups is 1. The molecule has 0 radical (unpaired) electrons. The zero-order valence-electron chi connectivity index (χ0n) is 9.24. The van der Waals surface area contributed by atoms with Crippen LogP contribution in [-0.4, -0.2) is 28.9 Å². The molecule has 1 saturated carbocycles. The quantitative estimate of drug-likeness (QED) is 0.590. The van der Waals surface area contributed by atoms with Gasteiger partial charge < -0.3 is 15.2 Å². The van der Waals surface area contributed by atoms with Gasteiger partial charge in [-0.2, -0.15) is 0 Å². The van der Waals surface area contributed by atoms with Crippen molar-refractivity contribution < 1.29 is 14.7 Å². The Hall–Kier alpha value is -0.780. The summed E-state index contributed by atoms with van der Waals surface area (Å²) < 4.78 is 0.233. The van der Waals surface area contributed by atoms with Crippen LogP contribution in [0.3, 0.4) is 0 Å². The first-order valence-corrected chi connectivity index (χ1v) is 6.26. The Balaban J connectivity index is 2.63. The molecule has 1 fully saturated rings. The highest BCUT2D eigenvalue weighted by Gasteiger charge is 2.40. The number of amides is 1. The molecule has 0 aliphatic heterocycles. The third-order valence-corrected chi connectivity index (χ3v) is 3.48. The zero-order chi connectivity index (χ0) is 13.1. The second-order valence-electron chi connectivity index (χ2n) is 4.01. The van der Waals surface area contributed by atoms with E-state index in [0.29, 0.717) is 19.1 Å². The van der Waals surface area contributed by atoms with Crippen LogP contribution in [0.4, 0.5) is 0 Å². The van der Waals surface area contributed by atoms with Gasteiger partial charge in [-0.25, -0.2) is 0 Å². The predicted molar refractivity (Wildman–Crippen MR) is 68.5 cm³/mol. The maximum absolute atomic E-state index is 11.7. The van der Waals surface area contributed by atoms with E-state index in [2.05, 4.69) is 18.5 Å². The van der Waals surface area contributed by atoms with Gasteiger partial charge >= 0.3 is 0 Å². The molecule has 0 aromatic carbocycles. The number of carbonyl (C=O) groups excluding carboxylic acids is 2. The fourth-order valence-corrected chi connectivity index (χ4v) is 2.47. The summed E-state index contributed by atoms with van der Waals surface area (Å²) in [5.74, 6) is -0.460. The Kier molecular flexibility index (Phi) is 4.80. The zero-order valence-corrected chi connectivity index (χ0v) is 10.8. The molecule has 0 spiro atoms. The van der Waals surface area contributed by atoms with Gasteiger partial charge in [0.25, 0.3) is 5.91 Å². The van der Waals surface area contributed by atoms with E-state index in [1.807, 2.05) is 0 Å². The summed E-state index contributed by atoms with van der Waals surface area (Å²) in [6.45, 7) is 6.99. The first-order valence-electron chi connectivity index (χ1n) is 5.06. The van der Waals surface area contributed by atoms with E-state index in [1.165, 1.54) is 0 Å². The van der Waals surface area contributed by atoms with Crippen LogP contribution >= 0.6 is 23.4 Å². The maximum Gasteiger partial charge on any atom is 0.258 e. The molecular weight excluding hydrogens is 262 g/mol. The summed E-state index contributed by atoms with van der Waals surface area (Å²) in [4.78, 5) is 23.0. The molecule has 17 heavy (non-hydrogen) atoms. The summed E-state index contributed by atoms with van der Waals surface area (Å²) in [5, 5.41) is 12.0. The monoisotopic (exact) mass is 275 g/mol. The molecule has 1 aliphatic rings. The first-order chi connectivity index (χ1) is 7.88. The third kappa shape index (κ3) is 3.87. The number of aldehydes is 1. The average molecular weight is 276 g/mol. The van der Waals surface area contributed by atoms with Crippen LogP contribution < -0.4 is 5.32 Å². The smallest absolute Gasteiger partial charge is 0.258 e. The topological polar surface area (TPSA) is 66.4 Å². The number of hydrogen-bond acceptors (Lipinski definition) is 4. The van der Waals surface area contributed by atoms with Crippen molar-refractivity contribution in [2.75, 3.05) is 0 Å². The van der Waals surface area contributed by atoms with Gasteiger partial charge in [0.05, 0.1) is 20.9 Å². The van der Waals surface area contributed by atoms with Crippen LogP contribution in [0.2, 0.25) is 0 Å². The number of aliphatic hydroxyl groups excluding tert-OH is 1. The van der Waals surface area contributed by atoms with Crippen LogP contribution in [0.15, 0.2) is 22.4 Å². The Morgan fingerprint density at radius 1 is 1.59 bits per heavy atom. The minimum absolute atomic E-state index is 0.174. The lowest BCUT2D eigenvalue weighted by Gasteiger charge is -2.24. The van der Waals surface area contributed by atoms with Gasteiger partial charge in [-0.1, -0.05) is 36.5 Å². The second-order valence-corrected chi connectivity index (χ2v) is 5.88. The van der Waals surface area contributed by atoms with E-state index in [-0.39, 0.29) is 15.7 Å². The normalized spacial score (nSPS) is 27.5. The van der Waals surface area contributed by atoms with Gasteiger partial charge in [-0.15, -0.1) is 0 Å².